The number of hydrogen-bond acceptors (Lipinski definition) is 5. The smallest absolute Gasteiger partial charge is 0.372 e. The molecule has 0 saturated heterocycles. The van der Waals surface area contributed by atoms with Gasteiger partial charge in [0.15, 0.2) is 0 Å². The van der Waals surface area contributed by atoms with Crippen LogP contribution in [0.4, 0.5) is 0 Å². The van der Waals surface area contributed by atoms with Gasteiger partial charge < -0.3 is 14.8 Å². The van der Waals surface area contributed by atoms with Crippen LogP contribution in [0.15, 0.2) is 4.79 Å². The number of carboxylic acids is 1. The molecule has 0 amide bonds. The van der Waals surface area contributed by atoms with Gasteiger partial charge in [-0.05, 0) is 12.0 Å². The number of thiophene rings is 1. The molecule has 2 aromatic rings. The van der Waals surface area contributed by atoms with E-state index in [2.05, 4.69) is 9.97 Å². The van der Waals surface area contributed by atoms with Gasteiger partial charge in [0.25, 0.3) is 5.56 Å². The van der Waals surface area contributed by atoms with Crippen LogP contribution in [0.3, 0.4) is 0 Å². The summed E-state index contributed by atoms with van der Waals surface area (Å²) in [4.78, 5) is 30.3. The van der Waals surface area contributed by atoms with Crippen LogP contribution in [0.5, 0.6) is 0 Å². The first kappa shape index (κ1) is 10.4. The van der Waals surface area contributed by atoms with E-state index in [1.165, 1.54) is 11.3 Å². The van der Waals surface area contributed by atoms with Crippen LogP contribution in [0.2, 0.25) is 0 Å². The van der Waals surface area contributed by atoms with Gasteiger partial charge in [-0.3, -0.25) is 4.79 Å². The lowest BCUT2D eigenvalue weighted by Crippen LogP contribution is -2.16. The number of fused-ring (bicyclic) bond motifs is 3. The van der Waals surface area contributed by atoms with Crippen molar-refractivity contribution in [3.63, 3.8) is 0 Å². The summed E-state index contributed by atoms with van der Waals surface area (Å²) in [5, 5.41) is 9.33. The second kappa shape index (κ2) is 3.64. The summed E-state index contributed by atoms with van der Waals surface area (Å²) in [6, 6.07) is 0. The summed E-state index contributed by atoms with van der Waals surface area (Å²) in [6.45, 7) is 1.05. The summed E-state index contributed by atoms with van der Waals surface area (Å²) >= 11 is 1.33. The number of aromatic nitrogens is 2. The van der Waals surface area contributed by atoms with Crippen LogP contribution in [0.25, 0.3) is 10.2 Å². The Morgan fingerprint density at radius 1 is 1.53 bits per heavy atom. The van der Waals surface area contributed by atoms with Gasteiger partial charge in [0.05, 0.1) is 18.6 Å². The van der Waals surface area contributed by atoms with Crippen molar-refractivity contribution in [3.05, 3.63) is 26.6 Å². The van der Waals surface area contributed by atoms with Gasteiger partial charge in [-0.25, -0.2) is 9.78 Å². The maximum Gasteiger partial charge on any atom is 0.372 e. The van der Waals surface area contributed by atoms with E-state index in [-0.39, 0.29) is 11.4 Å². The molecule has 0 aliphatic carbocycles. The number of hydrogen-bond donors (Lipinski definition) is 2. The Morgan fingerprint density at radius 2 is 2.35 bits per heavy atom. The van der Waals surface area contributed by atoms with Crippen LogP contribution < -0.4 is 5.56 Å². The van der Waals surface area contributed by atoms with Crippen LogP contribution >= 0.6 is 11.3 Å². The Morgan fingerprint density at radius 3 is 3.12 bits per heavy atom. The molecule has 0 radical (unpaired) electrons. The van der Waals surface area contributed by atoms with Crippen LogP contribution in [0, 0.1) is 0 Å². The summed E-state index contributed by atoms with van der Waals surface area (Å²) in [7, 11) is 0. The largest absolute Gasteiger partial charge is 0.475 e. The van der Waals surface area contributed by atoms with E-state index in [4.69, 9.17) is 9.84 Å². The lowest BCUT2D eigenvalue weighted by Gasteiger charge is -2.10. The predicted octanol–water partition coefficient (Wildman–Crippen LogP) is 0.755. The summed E-state index contributed by atoms with van der Waals surface area (Å²) in [5.41, 5.74) is 0.564. The first-order valence-corrected chi connectivity index (χ1v) is 5.84. The van der Waals surface area contributed by atoms with Gasteiger partial charge in [0.1, 0.15) is 4.83 Å². The van der Waals surface area contributed by atoms with Gasteiger partial charge >= 0.3 is 5.97 Å². The van der Waals surface area contributed by atoms with E-state index < -0.39 is 5.97 Å². The third kappa shape index (κ3) is 1.55. The lowest BCUT2D eigenvalue weighted by molar-refractivity contribution is 0.0683. The zero-order valence-corrected chi connectivity index (χ0v) is 9.47. The van der Waals surface area contributed by atoms with E-state index >= 15 is 0 Å². The summed E-state index contributed by atoms with van der Waals surface area (Å²) in [5.74, 6) is -1.55. The zero-order chi connectivity index (χ0) is 12.0. The minimum absolute atomic E-state index is 0.318. The first-order chi connectivity index (χ1) is 8.16. The zero-order valence-electron chi connectivity index (χ0n) is 8.65. The molecule has 0 bridgehead atoms. The quantitative estimate of drug-likeness (QED) is 0.781. The van der Waals surface area contributed by atoms with E-state index in [0.29, 0.717) is 29.9 Å². The van der Waals surface area contributed by atoms with Crippen molar-refractivity contribution in [2.24, 2.45) is 0 Å². The maximum absolute atomic E-state index is 11.8. The number of rotatable bonds is 1. The van der Waals surface area contributed by atoms with Crippen molar-refractivity contribution in [2.45, 2.75) is 13.0 Å². The van der Waals surface area contributed by atoms with Gasteiger partial charge in [-0.15, -0.1) is 11.3 Å². The molecule has 0 atom stereocenters. The average molecular weight is 252 g/mol. The molecule has 2 aromatic heterocycles. The number of carboxylic acid groups (broad SMARTS) is 1. The molecule has 6 nitrogen and oxygen atoms in total. The Kier molecular flexibility index (Phi) is 2.23. The molecule has 3 rings (SSSR count). The van der Waals surface area contributed by atoms with Gasteiger partial charge in [0.2, 0.25) is 5.82 Å². The molecule has 7 heteroatoms. The maximum atomic E-state index is 11.8. The molecule has 1 aliphatic heterocycles. The highest BCUT2D eigenvalue weighted by Gasteiger charge is 2.21. The minimum Gasteiger partial charge on any atom is -0.475 e. The molecule has 0 aromatic carbocycles. The average Bonchev–Trinajstić information content (AvgIpc) is 2.67. The normalized spacial score (nSPS) is 14.8. The standard InChI is InChI=1S/C10H8N2O4S/c13-8-6-4-1-2-16-3-5(4)17-9(6)12-7(11-8)10(14)15/h1-3H2,(H,14,15)(H,11,12,13). The van der Waals surface area contributed by atoms with Crippen LogP contribution in [-0.4, -0.2) is 27.7 Å². The minimum atomic E-state index is -1.23. The highest BCUT2D eigenvalue weighted by atomic mass is 32.1. The Balaban J connectivity index is 2.34. The molecule has 0 saturated carbocycles. The highest BCUT2D eigenvalue weighted by Crippen LogP contribution is 2.31. The number of carbonyl (C=O) groups is 1. The van der Waals surface area contributed by atoms with Crippen molar-refractivity contribution in [1.29, 1.82) is 0 Å². The summed E-state index contributed by atoms with van der Waals surface area (Å²) in [6.07, 6.45) is 0.673. The van der Waals surface area contributed by atoms with Gasteiger partial charge in [-0.2, -0.15) is 0 Å². The number of H-pyrrole nitrogens is 1. The number of nitrogens with zero attached hydrogens (tertiary/aromatic N) is 1. The van der Waals surface area contributed by atoms with Gasteiger partial charge in [0, 0.05) is 4.88 Å². The molecule has 1 aliphatic rings. The monoisotopic (exact) mass is 252 g/mol. The second-order valence-corrected chi connectivity index (χ2v) is 4.79. The van der Waals surface area contributed by atoms with Crippen LogP contribution in [0.1, 0.15) is 21.1 Å². The molecular weight excluding hydrogens is 244 g/mol. The van der Waals surface area contributed by atoms with E-state index in [1.807, 2.05) is 0 Å². The molecule has 0 fully saturated rings. The fraction of sp³-hybridized carbons (Fsp3) is 0.300. The molecule has 2 N–H and O–H groups in total. The van der Waals surface area contributed by atoms with Gasteiger partial charge in [-0.1, -0.05) is 0 Å². The van der Waals surface area contributed by atoms with Crippen molar-refractivity contribution in [2.75, 3.05) is 6.61 Å². The second-order valence-electron chi connectivity index (χ2n) is 3.71. The van der Waals surface area contributed by atoms with Crippen molar-refractivity contribution < 1.29 is 14.6 Å². The Bertz CT molecular complexity index is 673. The number of aromatic carboxylic acids is 1. The third-order valence-electron chi connectivity index (χ3n) is 2.68. The molecule has 17 heavy (non-hydrogen) atoms. The lowest BCUT2D eigenvalue weighted by atomic mass is 10.1. The van der Waals surface area contributed by atoms with Crippen molar-refractivity contribution >= 4 is 27.5 Å². The molecule has 0 unspecified atom stereocenters. The van der Waals surface area contributed by atoms with Crippen molar-refractivity contribution in [3.8, 4) is 0 Å². The van der Waals surface area contributed by atoms with E-state index in [1.54, 1.807) is 0 Å². The predicted molar refractivity (Wildman–Crippen MR) is 60.6 cm³/mol. The molecular formula is C10H8N2O4S. The molecule has 3 heterocycles. The van der Waals surface area contributed by atoms with E-state index in [0.717, 1.165) is 10.4 Å². The highest BCUT2D eigenvalue weighted by molar-refractivity contribution is 7.18. The summed E-state index contributed by atoms with van der Waals surface area (Å²) < 4.78 is 5.30. The topological polar surface area (TPSA) is 92.3 Å². The SMILES string of the molecule is O=C(O)c1nc2sc3c(c2c(=O)[nH]1)CCOC3. The Hall–Kier alpha value is -1.73. The van der Waals surface area contributed by atoms with Crippen LogP contribution in [-0.2, 0) is 17.8 Å². The Labute approximate surface area is 98.9 Å². The molecule has 88 valence electrons. The molecule has 0 spiro atoms. The first-order valence-electron chi connectivity index (χ1n) is 5.02. The third-order valence-corrected chi connectivity index (χ3v) is 3.78. The number of aromatic amines is 1. The fourth-order valence-electron chi connectivity index (χ4n) is 1.93. The number of nitrogens with one attached hydrogen (secondary N) is 1. The number of ether oxygens (including phenoxy) is 1. The van der Waals surface area contributed by atoms with E-state index in [9.17, 15) is 9.59 Å². The van der Waals surface area contributed by atoms with Crippen molar-refractivity contribution in [1.82, 2.24) is 9.97 Å². The fourth-order valence-corrected chi connectivity index (χ4v) is 3.09.